The maximum atomic E-state index is 11.9. The second-order valence-electron chi connectivity index (χ2n) is 7.58. The van der Waals surface area contributed by atoms with E-state index >= 15 is 0 Å². The van der Waals surface area contributed by atoms with Crippen molar-refractivity contribution in [3.05, 3.63) is 52.7 Å². The van der Waals surface area contributed by atoms with E-state index < -0.39 is 0 Å². The Morgan fingerprint density at radius 2 is 2.11 bits per heavy atom. The zero-order valence-corrected chi connectivity index (χ0v) is 16.6. The Balaban J connectivity index is 1.94. The molecule has 2 N–H and O–H groups in total. The van der Waals surface area contributed by atoms with Crippen LogP contribution in [0.1, 0.15) is 37.8 Å². The second-order valence-corrected chi connectivity index (χ2v) is 7.96. The minimum absolute atomic E-state index is 0.118. The molecule has 0 spiro atoms. The molecule has 2 atom stereocenters. The van der Waals surface area contributed by atoms with Crippen molar-refractivity contribution in [2.24, 2.45) is 5.92 Å². The van der Waals surface area contributed by atoms with Gasteiger partial charge >= 0.3 is 0 Å². The molecule has 1 aliphatic rings. The van der Waals surface area contributed by atoms with Crippen LogP contribution in [0.15, 0.2) is 30.7 Å². The molecular formula is C22H21ClN4O. The number of pyridine rings is 1. The van der Waals surface area contributed by atoms with E-state index in [1.807, 2.05) is 13.0 Å². The van der Waals surface area contributed by atoms with Crippen molar-refractivity contribution in [2.75, 3.05) is 5.73 Å². The SMILES string of the molecule is [C-]#[N+]c1cc2c(-c3cncc(N)c3Cl)cn(C3CCC(C(C)=O)C3)c2cc1C. The number of fused-ring (bicyclic) bond motifs is 1. The highest BCUT2D eigenvalue weighted by molar-refractivity contribution is 6.36. The number of hydrogen-bond acceptors (Lipinski definition) is 3. The van der Waals surface area contributed by atoms with Crippen LogP contribution in [0.3, 0.4) is 0 Å². The molecule has 0 amide bonds. The lowest BCUT2D eigenvalue weighted by molar-refractivity contribution is -0.120. The molecule has 1 aliphatic carbocycles. The molecule has 142 valence electrons. The van der Waals surface area contributed by atoms with Crippen molar-refractivity contribution in [3.8, 4) is 11.1 Å². The zero-order valence-electron chi connectivity index (χ0n) is 15.9. The molecule has 4 rings (SSSR count). The van der Waals surface area contributed by atoms with E-state index in [1.165, 1.54) is 6.20 Å². The number of ketones is 1. The standard InChI is InChI=1S/C22H21ClN4O/c1-12-6-21-16(8-20(12)25-3)18(17-9-26-10-19(24)22(17)23)11-27(21)15-5-4-14(7-15)13(2)28/h6,8-11,14-15H,4-5,7,24H2,1-2H3. The second kappa shape index (κ2) is 6.96. The maximum absolute atomic E-state index is 11.9. The van der Waals surface area contributed by atoms with E-state index in [0.717, 1.165) is 46.9 Å². The first-order valence-electron chi connectivity index (χ1n) is 9.33. The molecule has 0 bridgehead atoms. The number of nitrogens with zero attached hydrogens (tertiary/aromatic N) is 3. The third kappa shape index (κ3) is 2.94. The van der Waals surface area contributed by atoms with Crippen molar-refractivity contribution >= 4 is 39.7 Å². The molecule has 1 saturated carbocycles. The molecule has 2 unspecified atom stereocenters. The van der Waals surface area contributed by atoms with E-state index in [1.54, 1.807) is 13.1 Å². The lowest BCUT2D eigenvalue weighted by Crippen LogP contribution is -2.08. The Morgan fingerprint density at radius 1 is 1.32 bits per heavy atom. The van der Waals surface area contributed by atoms with Gasteiger partial charge in [0.15, 0.2) is 5.69 Å². The average molecular weight is 393 g/mol. The third-order valence-corrected chi connectivity index (χ3v) is 6.26. The predicted octanol–water partition coefficient (Wildman–Crippen LogP) is 5.73. The van der Waals surface area contributed by atoms with Gasteiger partial charge in [-0.05, 0) is 56.2 Å². The number of carbonyl (C=O) groups excluding carboxylic acids is 1. The van der Waals surface area contributed by atoms with Gasteiger partial charge in [0.2, 0.25) is 0 Å². The number of nitrogen functional groups attached to an aromatic ring is 1. The molecule has 6 heteroatoms. The van der Waals surface area contributed by atoms with E-state index in [2.05, 4.69) is 26.7 Å². The molecule has 3 aromatic rings. The van der Waals surface area contributed by atoms with E-state index in [0.29, 0.717) is 16.4 Å². The number of benzene rings is 1. The summed E-state index contributed by atoms with van der Waals surface area (Å²) in [5, 5.41) is 1.42. The molecule has 1 fully saturated rings. The Morgan fingerprint density at radius 3 is 2.79 bits per heavy atom. The largest absolute Gasteiger partial charge is 0.396 e. The Kier molecular flexibility index (Phi) is 4.60. The normalized spacial score (nSPS) is 19.1. The number of nitrogens with two attached hydrogens (primary N) is 1. The van der Waals surface area contributed by atoms with Gasteiger partial charge in [-0.2, -0.15) is 0 Å². The molecule has 0 saturated heterocycles. The van der Waals surface area contributed by atoms with Crippen molar-refractivity contribution in [2.45, 2.75) is 39.2 Å². The average Bonchev–Trinajstić information content (AvgIpc) is 3.28. The number of aromatic nitrogens is 2. The number of carbonyl (C=O) groups is 1. The van der Waals surface area contributed by atoms with Crippen molar-refractivity contribution in [3.63, 3.8) is 0 Å². The van der Waals surface area contributed by atoms with Crippen LogP contribution in [0.5, 0.6) is 0 Å². The zero-order chi connectivity index (χ0) is 20.0. The van der Waals surface area contributed by atoms with Crippen molar-refractivity contribution in [1.82, 2.24) is 9.55 Å². The van der Waals surface area contributed by atoms with Crippen LogP contribution in [-0.2, 0) is 4.79 Å². The smallest absolute Gasteiger partial charge is 0.190 e. The van der Waals surface area contributed by atoms with Crippen molar-refractivity contribution < 1.29 is 4.79 Å². The lowest BCUT2D eigenvalue weighted by Gasteiger charge is -2.14. The van der Waals surface area contributed by atoms with Gasteiger partial charge in [0.05, 0.1) is 23.5 Å². The van der Waals surface area contributed by atoms with Crippen LogP contribution >= 0.6 is 11.6 Å². The fourth-order valence-corrected chi connectivity index (χ4v) is 4.45. The van der Waals surface area contributed by atoms with Gasteiger partial charge in [-0.15, -0.1) is 0 Å². The minimum Gasteiger partial charge on any atom is -0.396 e. The van der Waals surface area contributed by atoms with Gasteiger partial charge in [-0.3, -0.25) is 9.78 Å². The first kappa shape index (κ1) is 18.5. The van der Waals surface area contributed by atoms with E-state index in [-0.39, 0.29) is 17.7 Å². The summed E-state index contributed by atoms with van der Waals surface area (Å²) in [5.74, 6) is 0.376. The van der Waals surface area contributed by atoms with Crippen LogP contribution in [0, 0.1) is 19.4 Å². The quantitative estimate of drug-likeness (QED) is 0.579. The summed E-state index contributed by atoms with van der Waals surface area (Å²) in [6, 6.07) is 4.22. The van der Waals surface area contributed by atoms with Crippen molar-refractivity contribution in [1.29, 1.82) is 0 Å². The van der Waals surface area contributed by atoms with E-state index in [9.17, 15) is 4.79 Å². The lowest BCUT2D eigenvalue weighted by atomic mass is 10.0. The van der Waals surface area contributed by atoms with Crippen LogP contribution in [0.2, 0.25) is 5.02 Å². The highest BCUT2D eigenvalue weighted by atomic mass is 35.5. The predicted molar refractivity (Wildman–Crippen MR) is 113 cm³/mol. The monoisotopic (exact) mass is 392 g/mol. The number of aryl methyl sites for hydroxylation is 1. The Labute approximate surface area is 168 Å². The molecule has 2 aromatic heterocycles. The molecule has 28 heavy (non-hydrogen) atoms. The van der Waals surface area contributed by atoms with Crippen LogP contribution in [-0.4, -0.2) is 15.3 Å². The molecular weight excluding hydrogens is 372 g/mol. The number of anilines is 1. The van der Waals surface area contributed by atoms with Gasteiger partial charge in [0.25, 0.3) is 0 Å². The first-order valence-corrected chi connectivity index (χ1v) is 9.71. The first-order chi connectivity index (χ1) is 13.4. The summed E-state index contributed by atoms with van der Waals surface area (Å²) in [4.78, 5) is 19.7. The summed E-state index contributed by atoms with van der Waals surface area (Å²) < 4.78 is 2.24. The molecule has 2 heterocycles. The summed E-state index contributed by atoms with van der Waals surface area (Å²) in [5.41, 5.74) is 10.7. The fourth-order valence-electron chi connectivity index (χ4n) is 4.25. The van der Waals surface area contributed by atoms with Gasteiger partial charge in [-0.1, -0.05) is 11.6 Å². The van der Waals surface area contributed by atoms with Gasteiger partial charge in [0, 0.05) is 41.0 Å². The molecule has 1 aromatic carbocycles. The fraction of sp³-hybridized carbons (Fsp3) is 0.318. The number of Topliss-reactive ketones (excluding diaryl/α,β-unsaturated/α-hetero) is 1. The highest BCUT2D eigenvalue weighted by Crippen LogP contribution is 2.43. The van der Waals surface area contributed by atoms with Crippen LogP contribution in [0.25, 0.3) is 26.9 Å². The summed E-state index contributed by atoms with van der Waals surface area (Å²) in [7, 11) is 0. The number of hydrogen-bond donors (Lipinski definition) is 1. The van der Waals surface area contributed by atoms with Gasteiger partial charge in [-0.25, -0.2) is 4.85 Å². The molecule has 5 nitrogen and oxygen atoms in total. The molecule has 0 radical (unpaired) electrons. The summed E-state index contributed by atoms with van der Waals surface area (Å²) in [6.07, 6.45) is 8.03. The Hall–Kier alpha value is -2.84. The highest BCUT2D eigenvalue weighted by Gasteiger charge is 2.30. The number of rotatable bonds is 3. The third-order valence-electron chi connectivity index (χ3n) is 5.84. The molecule has 0 aliphatic heterocycles. The van der Waals surface area contributed by atoms with Gasteiger partial charge < -0.3 is 10.3 Å². The maximum Gasteiger partial charge on any atom is 0.190 e. The Bertz CT molecular complexity index is 1140. The summed E-state index contributed by atoms with van der Waals surface area (Å²) >= 11 is 6.49. The summed E-state index contributed by atoms with van der Waals surface area (Å²) in [6.45, 7) is 11.1. The van der Waals surface area contributed by atoms with E-state index in [4.69, 9.17) is 23.9 Å². The number of halogens is 1. The topological polar surface area (TPSA) is 65.3 Å². The van der Waals surface area contributed by atoms with Crippen LogP contribution < -0.4 is 5.73 Å². The van der Waals surface area contributed by atoms with Gasteiger partial charge in [0.1, 0.15) is 5.78 Å². The minimum atomic E-state index is 0.118. The van der Waals surface area contributed by atoms with Crippen LogP contribution in [0.4, 0.5) is 11.4 Å².